The number of rotatable bonds is 2. The molecule has 3 heteroatoms. The fourth-order valence-corrected chi connectivity index (χ4v) is 2.53. The fraction of sp³-hybridized carbons (Fsp3) is 0.909. The molecule has 1 aliphatic heterocycles. The zero-order chi connectivity index (χ0) is 10.8. The van der Waals surface area contributed by atoms with Gasteiger partial charge in [0, 0.05) is 23.8 Å². The molecule has 0 bridgehead atoms. The van der Waals surface area contributed by atoms with Crippen molar-refractivity contribution in [3.8, 4) is 0 Å². The molecule has 0 N–H and O–H groups in total. The monoisotopic (exact) mass is 261 g/mol. The third-order valence-corrected chi connectivity index (χ3v) is 3.19. The van der Waals surface area contributed by atoms with Gasteiger partial charge in [-0.15, -0.1) is 0 Å². The Morgan fingerprint density at radius 2 is 2.14 bits per heavy atom. The molecule has 1 heterocycles. The van der Waals surface area contributed by atoms with Gasteiger partial charge in [0.15, 0.2) is 0 Å². The largest absolute Gasteiger partial charge is 0.342 e. The number of alkyl halides is 1. The molecule has 0 aromatic carbocycles. The van der Waals surface area contributed by atoms with Crippen molar-refractivity contribution in [2.24, 2.45) is 11.3 Å². The third-order valence-electron chi connectivity index (χ3n) is 2.73. The van der Waals surface area contributed by atoms with Crippen LogP contribution >= 0.6 is 15.9 Å². The standard InChI is InChI=1S/C11H20BrNO/c1-11(2,3)10(14)13-7-5-9(8-13)4-6-12/h9H,4-8H2,1-3H3. The topological polar surface area (TPSA) is 20.3 Å². The number of amides is 1. The fourth-order valence-electron chi connectivity index (χ4n) is 1.88. The smallest absolute Gasteiger partial charge is 0.227 e. The highest BCUT2D eigenvalue weighted by molar-refractivity contribution is 9.09. The second-order valence-electron chi connectivity index (χ2n) is 5.13. The van der Waals surface area contributed by atoms with Crippen molar-refractivity contribution >= 4 is 21.8 Å². The molecule has 1 rings (SSSR count). The van der Waals surface area contributed by atoms with E-state index in [4.69, 9.17) is 0 Å². The van der Waals surface area contributed by atoms with Crippen LogP contribution in [0.1, 0.15) is 33.6 Å². The van der Waals surface area contributed by atoms with Gasteiger partial charge in [-0.2, -0.15) is 0 Å². The van der Waals surface area contributed by atoms with Gasteiger partial charge in [-0.25, -0.2) is 0 Å². The number of nitrogens with zero attached hydrogens (tertiary/aromatic N) is 1. The van der Waals surface area contributed by atoms with Crippen LogP contribution in [0.2, 0.25) is 0 Å². The van der Waals surface area contributed by atoms with Crippen LogP contribution in [-0.4, -0.2) is 29.2 Å². The molecule has 14 heavy (non-hydrogen) atoms. The van der Waals surface area contributed by atoms with Crippen molar-refractivity contribution in [1.29, 1.82) is 0 Å². The van der Waals surface area contributed by atoms with E-state index < -0.39 is 0 Å². The van der Waals surface area contributed by atoms with Crippen molar-refractivity contribution < 1.29 is 4.79 Å². The van der Waals surface area contributed by atoms with E-state index in [1.54, 1.807) is 0 Å². The maximum atomic E-state index is 11.9. The van der Waals surface area contributed by atoms with Crippen molar-refractivity contribution in [3.63, 3.8) is 0 Å². The number of carbonyl (C=O) groups is 1. The summed E-state index contributed by atoms with van der Waals surface area (Å²) >= 11 is 3.45. The van der Waals surface area contributed by atoms with Crippen LogP contribution < -0.4 is 0 Å². The summed E-state index contributed by atoms with van der Waals surface area (Å²) in [5.74, 6) is 1.01. The van der Waals surface area contributed by atoms with E-state index in [2.05, 4.69) is 15.9 Å². The number of likely N-dealkylation sites (tertiary alicyclic amines) is 1. The molecule has 82 valence electrons. The number of carbonyl (C=O) groups excluding carboxylic acids is 1. The Bertz CT molecular complexity index is 210. The van der Waals surface area contributed by atoms with Crippen molar-refractivity contribution in [3.05, 3.63) is 0 Å². The molecular formula is C11H20BrNO. The lowest BCUT2D eigenvalue weighted by molar-refractivity contribution is -0.138. The maximum absolute atomic E-state index is 11.9. The lowest BCUT2D eigenvalue weighted by Gasteiger charge is -2.25. The summed E-state index contributed by atoms with van der Waals surface area (Å²) in [6.07, 6.45) is 2.36. The highest BCUT2D eigenvalue weighted by Gasteiger charge is 2.32. The SMILES string of the molecule is CC(C)(C)C(=O)N1CCC(CCBr)C1. The van der Waals surface area contributed by atoms with Gasteiger partial charge in [-0.3, -0.25) is 4.79 Å². The molecule has 1 atom stereocenters. The van der Waals surface area contributed by atoms with E-state index in [1.165, 1.54) is 12.8 Å². The summed E-state index contributed by atoms with van der Waals surface area (Å²) in [5.41, 5.74) is -0.219. The van der Waals surface area contributed by atoms with E-state index in [9.17, 15) is 4.79 Å². The first kappa shape index (κ1) is 12.0. The average Bonchev–Trinajstić information content (AvgIpc) is 2.50. The highest BCUT2D eigenvalue weighted by Crippen LogP contribution is 2.25. The average molecular weight is 262 g/mol. The van der Waals surface area contributed by atoms with E-state index >= 15 is 0 Å². The van der Waals surface area contributed by atoms with Crippen LogP contribution in [0.25, 0.3) is 0 Å². The Kier molecular flexibility index (Phi) is 3.99. The predicted octanol–water partition coefficient (Wildman–Crippen LogP) is 2.67. The Labute approximate surface area is 95.2 Å². The molecule has 0 aromatic rings. The van der Waals surface area contributed by atoms with Crippen LogP contribution in [0.4, 0.5) is 0 Å². The quantitative estimate of drug-likeness (QED) is 0.701. The van der Waals surface area contributed by atoms with E-state index in [-0.39, 0.29) is 5.41 Å². The summed E-state index contributed by atoms with van der Waals surface area (Å²) in [5, 5.41) is 1.05. The van der Waals surface area contributed by atoms with Gasteiger partial charge in [0.2, 0.25) is 5.91 Å². The third kappa shape index (κ3) is 2.97. The van der Waals surface area contributed by atoms with Gasteiger partial charge in [0.25, 0.3) is 0 Å². The second-order valence-corrected chi connectivity index (χ2v) is 5.93. The molecule has 0 radical (unpaired) electrons. The van der Waals surface area contributed by atoms with Crippen LogP contribution in [0.15, 0.2) is 0 Å². The van der Waals surface area contributed by atoms with Gasteiger partial charge < -0.3 is 4.90 Å². The first-order valence-corrected chi connectivity index (χ1v) is 6.42. The van der Waals surface area contributed by atoms with Crippen molar-refractivity contribution in [2.75, 3.05) is 18.4 Å². The number of hydrogen-bond donors (Lipinski definition) is 0. The summed E-state index contributed by atoms with van der Waals surface area (Å²) in [7, 11) is 0. The second kappa shape index (κ2) is 4.65. The Balaban J connectivity index is 2.46. The van der Waals surface area contributed by atoms with Gasteiger partial charge in [0.05, 0.1) is 0 Å². The molecule has 0 spiro atoms. The first-order valence-electron chi connectivity index (χ1n) is 5.30. The summed E-state index contributed by atoms with van der Waals surface area (Å²) < 4.78 is 0. The normalized spacial score (nSPS) is 22.9. The Morgan fingerprint density at radius 3 is 2.64 bits per heavy atom. The van der Waals surface area contributed by atoms with Gasteiger partial charge in [-0.1, -0.05) is 36.7 Å². The summed E-state index contributed by atoms with van der Waals surface area (Å²) in [4.78, 5) is 14.0. The van der Waals surface area contributed by atoms with E-state index in [0.717, 1.165) is 18.4 Å². The number of halogens is 1. The van der Waals surface area contributed by atoms with Gasteiger partial charge >= 0.3 is 0 Å². The van der Waals surface area contributed by atoms with Crippen LogP contribution in [0, 0.1) is 11.3 Å². The van der Waals surface area contributed by atoms with Crippen LogP contribution in [0.3, 0.4) is 0 Å². The molecular weight excluding hydrogens is 242 g/mol. The zero-order valence-corrected chi connectivity index (χ0v) is 10.9. The lowest BCUT2D eigenvalue weighted by Crippen LogP contribution is -2.37. The molecule has 0 aliphatic carbocycles. The molecule has 0 saturated carbocycles. The zero-order valence-electron chi connectivity index (χ0n) is 9.35. The van der Waals surface area contributed by atoms with Gasteiger partial charge in [0.1, 0.15) is 0 Å². The van der Waals surface area contributed by atoms with Crippen molar-refractivity contribution in [2.45, 2.75) is 33.6 Å². The minimum absolute atomic E-state index is 0.219. The first-order chi connectivity index (χ1) is 6.45. The minimum atomic E-state index is -0.219. The summed E-state index contributed by atoms with van der Waals surface area (Å²) in [6, 6.07) is 0. The minimum Gasteiger partial charge on any atom is -0.342 e. The molecule has 1 fully saturated rings. The summed E-state index contributed by atoms with van der Waals surface area (Å²) in [6.45, 7) is 7.89. The Morgan fingerprint density at radius 1 is 1.50 bits per heavy atom. The number of hydrogen-bond acceptors (Lipinski definition) is 1. The molecule has 1 amide bonds. The van der Waals surface area contributed by atoms with Gasteiger partial charge in [-0.05, 0) is 18.8 Å². The Hall–Kier alpha value is -0.0500. The molecule has 0 aromatic heterocycles. The molecule has 1 unspecified atom stereocenters. The van der Waals surface area contributed by atoms with Crippen molar-refractivity contribution in [1.82, 2.24) is 4.90 Å². The predicted molar refractivity (Wildman–Crippen MR) is 62.6 cm³/mol. The van der Waals surface area contributed by atoms with E-state index in [1.807, 2.05) is 25.7 Å². The lowest BCUT2D eigenvalue weighted by atomic mass is 9.95. The highest BCUT2D eigenvalue weighted by atomic mass is 79.9. The van der Waals surface area contributed by atoms with Crippen LogP contribution in [-0.2, 0) is 4.79 Å². The van der Waals surface area contributed by atoms with E-state index in [0.29, 0.717) is 11.8 Å². The molecule has 2 nitrogen and oxygen atoms in total. The molecule has 1 aliphatic rings. The maximum Gasteiger partial charge on any atom is 0.227 e. The van der Waals surface area contributed by atoms with Crippen LogP contribution in [0.5, 0.6) is 0 Å². The molecule has 1 saturated heterocycles.